The zero-order valence-corrected chi connectivity index (χ0v) is 22.9. The second-order valence-corrected chi connectivity index (χ2v) is 9.91. The van der Waals surface area contributed by atoms with Crippen molar-refractivity contribution in [1.29, 1.82) is 0 Å². The molecule has 0 radical (unpaired) electrons. The first-order valence-corrected chi connectivity index (χ1v) is 13.7. The molecule has 10 heteroatoms. The number of halogens is 2. The summed E-state index contributed by atoms with van der Waals surface area (Å²) < 4.78 is 27.3. The standard InChI is InChI=1S/C32H32F2N4O4/c33-25-15-14-24(26(34)19-25)20-35-31(41)27(18-23-10-5-2-6-11-23)37-29(39)21-36-32(42)28-12-7-17-38(28)30(40)16-13-22-8-3-1-4-9-22/h1-6,8-11,13-16,19,27-28H,7,12,17-18,20-21H2,(H,35,41)(H,36,42)(H,37,39)/b16-13+. The Labute approximate surface area is 242 Å². The van der Waals surface area contributed by atoms with E-state index in [1.165, 1.54) is 17.0 Å². The Morgan fingerprint density at radius 1 is 0.929 bits per heavy atom. The van der Waals surface area contributed by atoms with Crippen LogP contribution in [-0.4, -0.2) is 53.7 Å². The van der Waals surface area contributed by atoms with Gasteiger partial charge in [0.2, 0.25) is 23.6 Å². The summed E-state index contributed by atoms with van der Waals surface area (Å²) in [4.78, 5) is 53.0. The SMILES string of the molecule is O=C(CNC(=O)C1CCCN1C(=O)/C=C/c1ccccc1)NC(Cc1ccccc1)C(=O)NCc1ccc(F)cc1F. The van der Waals surface area contributed by atoms with Gasteiger partial charge in [0.25, 0.3) is 0 Å². The highest BCUT2D eigenvalue weighted by atomic mass is 19.1. The highest BCUT2D eigenvalue weighted by Gasteiger charge is 2.33. The fourth-order valence-corrected chi connectivity index (χ4v) is 4.69. The third-order valence-electron chi connectivity index (χ3n) is 6.88. The molecule has 4 amide bonds. The third kappa shape index (κ3) is 8.57. The molecule has 3 N–H and O–H groups in total. The van der Waals surface area contributed by atoms with Gasteiger partial charge in [0, 0.05) is 37.2 Å². The minimum absolute atomic E-state index is 0.0936. The summed E-state index contributed by atoms with van der Waals surface area (Å²) in [5.74, 6) is -3.45. The molecule has 1 aliphatic rings. The van der Waals surface area contributed by atoms with Gasteiger partial charge in [0.05, 0.1) is 6.54 Å². The van der Waals surface area contributed by atoms with Crippen molar-refractivity contribution in [2.24, 2.45) is 0 Å². The van der Waals surface area contributed by atoms with E-state index in [9.17, 15) is 28.0 Å². The maximum Gasteiger partial charge on any atom is 0.247 e. The van der Waals surface area contributed by atoms with Crippen LogP contribution >= 0.6 is 0 Å². The number of carbonyl (C=O) groups is 4. The molecule has 3 aromatic rings. The van der Waals surface area contributed by atoms with Crippen molar-refractivity contribution in [3.05, 3.63) is 113 Å². The second-order valence-electron chi connectivity index (χ2n) is 9.91. The topological polar surface area (TPSA) is 108 Å². The van der Waals surface area contributed by atoms with E-state index >= 15 is 0 Å². The summed E-state index contributed by atoms with van der Waals surface area (Å²) in [6.45, 7) is -0.175. The Bertz CT molecular complexity index is 1430. The van der Waals surface area contributed by atoms with Crippen LogP contribution in [0.25, 0.3) is 6.08 Å². The summed E-state index contributed by atoms with van der Waals surface area (Å²) in [6, 6.07) is 19.7. The fourth-order valence-electron chi connectivity index (χ4n) is 4.69. The number of carbonyl (C=O) groups excluding carboxylic acids is 4. The number of rotatable bonds is 11. The number of hydrogen-bond acceptors (Lipinski definition) is 4. The summed E-state index contributed by atoms with van der Waals surface area (Å²) in [6.07, 6.45) is 4.39. The van der Waals surface area contributed by atoms with Crippen molar-refractivity contribution in [1.82, 2.24) is 20.9 Å². The maximum absolute atomic E-state index is 14.0. The molecule has 0 aromatic heterocycles. The normalized spacial score (nSPS) is 15.3. The van der Waals surface area contributed by atoms with E-state index in [4.69, 9.17) is 0 Å². The zero-order valence-electron chi connectivity index (χ0n) is 22.9. The van der Waals surface area contributed by atoms with Gasteiger partial charge in [-0.25, -0.2) is 8.78 Å². The Kier molecular flexibility index (Phi) is 10.5. The Morgan fingerprint density at radius 3 is 2.36 bits per heavy atom. The van der Waals surface area contributed by atoms with Gasteiger partial charge in [-0.2, -0.15) is 0 Å². The van der Waals surface area contributed by atoms with Gasteiger partial charge in [-0.1, -0.05) is 66.7 Å². The predicted molar refractivity (Wildman–Crippen MR) is 154 cm³/mol. The molecule has 2 atom stereocenters. The van der Waals surface area contributed by atoms with Crippen molar-refractivity contribution < 1.29 is 28.0 Å². The molecule has 1 saturated heterocycles. The highest BCUT2D eigenvalue weighted by Crippen LogP contribution is 2.18. The molecular formula is C32H32F2N4O4. The highest BCUT2D eigenvalue weighted by molar-refractivity contribution is 5.97. The summed E-state index contributed by atoms with van der Waals surface area (Å²) in [7, 11) is 0. The largest absolute Gasteiger partial charge is 0.350 e. The van der Waals surface area contributed by atoms with Crippen molar-refractivity contribution in [3.8, 4) is 0 Å². The summed E-state index contributed by atoms with van der Waals surface area (Å²) in [5.41, 5.74) is 1.73. The van der Waals surface area contributed by atoms with E-state index in [1.807, 2.05) is 36.4 Å². The van der Waals surface area contributed by atoms with Crippen molar-refractivity contribution in [2.45, 2.75) is 37.9 Å². The molecule has 3 aromatic carbocycles. The zero-order chi connectivity index (χ0) is 29.9. The van der Waals surface area contributed by atoms with Crippen molar-refractivity contribution >= 4 is 29.7 Å². The molecule has 0 aliphatic carbocycles. The van der Waals surface area contributed by atoms with Crippen LogP contribution in [0.15, 0.2) is 84.9 Å². The average Bonchev–Trinajstić information content (AvgIpc) is 3.49. The minimum Gasteiger partial charge on any atom is -0.350 e. The van der Waals surface area contributed by atoms with E-state index < -0.39 is 48.0 Å². The molecule has 2 unspecified atom stereocenters. The second kappa shape index (κ2) is 14.7. The lowest BCUT2D eigenvalue weighted by Gasteiger charge is -2.23. The van der Waals surface area contributed by atoms with E-state index in [0.717, 1.165) is 23.3 Å². The minimum atomic E-state index is -1.02. The van der Waals surface area contributed by atoms with E-state index in [0.29, 0.717) is 19.4 Å². The van der Waals surface area contributed by atoms with Gasteiger partial charge in [-0.05, 0) is 36.1 Å². The van der Waals surface area contributed by atoms with Gasteiger partial charge in [-0.3, -0.25) is 19.2 Å². The first-order chi connectivity index (χ1) is 20.3. The molecule has 42 heavy (non-hydrogen) atoms. The molecular weight excluding hydrogens is 542 g/mol. The first kappa shape index (κ1) is 30.1. The van der Waals surface area contributed by atoms with Gasteiger partial charge >= 0.3 is 0 Å². The number of likely N-dealkylation sites (tertiary alicyclic amines) is 1. The smallest absolute Gasteiger partial charge is 0.247 e. The molecule has 0 spiro atoms. The number of nitrogens with one attached hydrogen (secondary N) is 3. The molecule has 218 valence electrons. The van der Waals surface area contributed by atoms with Crippen LogP contribution in [0.2, 0.25) is 0 Å². The third-order valence-corrected chi connectivity index (χ3v) is 6.88. The molecule has 1 heterocycles. The molecule has 4 rings (SSSR count). The maximum atomic E-state index is 14.0. The average molecular weight is 575 g/mol. The monoisotopic (exact) mass is 574 g/mol. The lowest BCUT2D eigenvalue weighted by molar-refractivity contribution is -0.136. The van der Waals surface area contributed by atoms with Gasteiger partial charge in [-0.15, -0.1) is 0 Å². The van der Waals surface area contributed by atoms with Crippen molar-refractivity contribution in [3.63, 3.8) is 0 Å². The first-order valence-electron chi connectivity index (χ1n) is 13.7. The lowest BCUT2D eigenvalue weighted by Crippen LogP contribution is -2.52. The summed E-state index contributed by atoms with van der Waals surface area (Å²) in [5, 5.41) is 7.79. The van der Waals surface area contributed by atoms with E-state index in [2.05, 4.69) is 16.0 Å². The van der Waals surface area contributed by atoms with Gasteiger partial charge < -0.3 is 20.9 Å². The van der Waals surface area contributed by atoms with Crippen LogP contribution in [0.5, 0.6) is 0 Å². The van der Waals surface area contributed by atoms with Gasteiger partial charge in [0.15, 0.2) is 0 Å². The molecule has 0 saturated carbocycles. The van der Waals surface area contributed by atoms with E-state index in [-0.39, 0.29) is 24.4 Å². The number of hydrogen-bond donors (Lipinski definition) is 3. The number of benzene rings is 3. The number of nitrogens with zero attached hydrogens (tertiary/aromatic N) is 1. The van der Waals surface area contributed by atoms with Crippen molar-refractivity contribution in [2.75, 3.05) is 13.1 Å². The molecule has 1 fully saturated rings. The van der Waals surface area contributed by atoms with Crippen LogP contribution in [0, 0.1) is 11.6 Å². The quantitative estimate of drug-likeness (QED) is 0.306. The lowest BCUT2D eigenvalue weighted by atomic mass is 10.0. The van der Waals surface area contributed by atoms with Crippen LogP contribution in [0.1, 0.15) is 29.5 Å². The predicted octanol–water partition coefficient (Wildman–Crippen LogP) is 3.13. The Morgan fingerprint density at radius 2 is 1.64 bits per heavy atom. The van der Waals surface area contributed by atoms with Crippen LogP contribution in [0.4, 0.5) is 8.78 Å². The molecule has 1 aliphatic heterocycles. The Balaban J connectivity index is 1.33. The molecule has 0 bridgehead atoms. The molecule has 8 nitrogen and oxygen atoms in total. The Hall–Kier alpha value is -4.86. The fraction of sp³-hybridized carbons (Fsp3) is 0.250. The van der Waals surface area contributed by atoms with Crippen LogP contribution in [-0.2, 0) is 32.1 Å². The number of amides is 4. The van der Waals surface area contributed by atoms with Crippen LogP contribution in [0.3, 0.4) is 0 Å². The van der Waals surface area contributed by atoms with Crippen LogP contribution < -0.4 is 16.0 Å². The van der Waals surface area contributed by atoms with E-state index in [1.54, 1.807) is 30.3 Å². The summed E-state index contributed by atoms with van der Waals surface area (Å²) >= 11 is 0. The van der Waals surface area contributed by atoms with Gasteiger partial charge in [0.1, 0.15) is 23.7 Å².